The van der Waals surface area contributed by atoms with E-state index in [2.05, 4.69) is 5.32 Å². The summed E-state index contributed by atoms with van der Waals surface area (Å²) in [6, 6.07) is -0.150. The smallest absolute Gasteiger partial charge is 0.240 e. The van der Waals surface area contributed by atoms with Crippen molar-refractivity contribution in [1.29, 1.82) is 0 Å². The Hall–Kier alpha value is -0.610. The Labute approximate surface area is 84.9 Å². The van der Waals surface area contributed by atoms with Crippen molar-refractivity contribution in [2.45, 2.75) is 50.6 Å². The molecule has 0 aromatic carbocycles. The monoisotopic (exact) mass is 200 g/mol. The molecule has 1 fully saturated rings. The van der Waals surface area contributed by atoms with Crippen molar-refractivity contribution in [3.63, 3.8) is 0 Å². The first-order chi connectivity index (χ1) is 6.62. The molecule has 1 amide bonds. The molecule has 4 N–H and O–H groups in total. The van der Waals surface area contributed by atoms with Crippen LogP contribution in [0.4, 0.5) is 0 Å². The maximum atomic E-state index is 11.7. The first kappa shape index (κ1) is 11.5. The standard InChI is InChI=1S/C10H20N2O2/c1-2-8(7-13)12-9(14)10(11)5-3-4-6-10/h8,13H,2-7,11H2,1H3,(H,12,14). The minimum Gasteiger partial charge on any atom is -0.394 e. The number of carbonyl (C=O) groups is 1. The predicted octanol–water partition coefficient (Wildman–Crippen LogP) is 0.145. The van der Waals surface area contributed by atoms with Gasteiger partial charge in [-0.25, -0.2) is 0 Å². The van der Waals surface area contributed by atoms with Gasteiger partial charge in [-0.15, -0.1) is 0 Å². The molecular weight excluding hydrogens is 180 g/mol. The lowest BCUT2D eigenvalue weighted by Gasteiger charge is -2.25. The summed E-state index contributed by atoms with van der Waals surface area (Å²) in [6.45, 7) is 1.91. The fourth-order valence-electron chi connectivity index (χ4n) is 1.84. The van der Waals surface area contributed by atoms with Crippen LogP contribution < -0.4 is 11.1 Å². The molecule has 1 atom stereocenters. The van der Waals surface area contributed by atoms with Gasteiger partial charge in [0.2, 0.25) is 5.91 Å². The van der Waals surface area contributed by atoms with Gasteiger partial charge in [0.25, 0.3) is 0 Å². The number of aliphatic hydroxyl groups excluding tert-OH is 1. The first-order valence-electron chi connectivity index (χ1n) is 5.33. The van der Waals surface area contributed by atoms with Crippen LogP contribution in [0.3, 0.4) is 0 Å². The second kappa shape index (κ2) is 4.75. The minimum atomic E-state index is -0.678. The highest BCUT2D eigenvalue weighted by atomic mass is 16.3. The number of nitrogens with one attached hydrogen (secondary N) is 1. The van der Waals surface area contributed by atoms with Crippen LogP contribution in [0.5, 0.6) is 0 Å². The number of aliphatic hydroxyl groups is 1. The van der Waals surface area contributed by atoms with Crippen LogP contribution in [0.15, 0.2) is 0 Å². The zero-order valence-corrected chi connectivity index (χ0v) is 8.75. The van der Waals surface area contributed by atoms with Crippen molar-refractivity contribution in [2.75, 3.05) is 6.61 Å². The van der Waals surface area contributed by atoms with Crippen molar-refractivity contribution in [2.24, 2.45) is 5.73 Å². The highest BCUT2D eigenvalue weighted by Gasteiger charge is 2.37. The number of carbonyl (C=O) groups excluding carboxylic acids is 1. The highest BCUT2D eigenvalue weighted by molar-refractivity contribution is 5.86. The van der Waals surface area contributed by atoms with Gasteiger partial charge < -0.3 is 16.2 Å². The van der Waals surface area contributed by atoms with E-state index in [0.29, 0.717) is 0 Å². The van der Waals surface area contributed by atoms with Gasteiger partial charge in [0, 0.05) is 0 Å². The molecule has 0 aliphatic heterocycles. The maximum Gasteiger partial charge on any atom is 0.240 e. The summed E-state index contributed by atoms with van der Waals surface area (Å²) in [6.07, 6.45) is 4.32. The van der Waals surface area contributed by atoms with E-state index in [-0.39, 0.29) is 18.6 Å². The van der Waals surface area contributed by atoms with Crippen molar-refractivity contribution in [1.82, 2.24) is 5.32 Å². The highest BCUT2D eigenvalue weighted by Crippen LogP contribution is 2.27. The first-order valence-corrected chi connectivity index (χ1v) is 5.33. The normalized spacial score (nSPS) is 21.9. The van der Waals surface area contributed by atoms with E-state index < -0.39 is 5.54 Å². The maximum absolute atomic E-state index is 11.7. The Morgan fingerprint density at radius 3 is 2.57 bits per heavy atom. The molecule has 0 heterocycles. The van der Waals surface area contributed by atoms with Gasteiger partial charge >= 0.3 is 0 Å². The Morgan fingerprint density at radius 2 is 2.14 bits per heavy atom. The largest absolute Gasteiger partial charge is 0.394 e. The number of hydrogen-bond donors (Lipinski definition) is 3. The molecule has 4 heteroatoms. The van der Waals surface area contributed by atoms with Crippen molar-refractivity contribution < 1.29 is 9.90 Å². The second-order valence-electron chi connectivity index (χ2n) is 4.12. The molecule has 82 valence electrons. The van der Waals surface area contributed by atoms with Crippen molar-refractivity contribution in [3.8, 4) is 0 Å². The molecule has 1 saturated carbocycles. The molecule has 4 nitrogen and oxygen atoms in total. The van der Waals surface area contributed by atoms with E-state index in [1.165, 1.54) is 0 Å². The molecule has 0 saturated heterocycles. The molecule has 1 unspecified atom stereocenters. The Kier molecular flexibility index (Phi) is 3.89. The van der Waals surface area contributed by atoms with Gasteiger partial charge in [-0.05, 0) is 19.3 Å². The average Bonchev–Trinajstić information content (AvgIpc) is 2.62. The van der Waals surface area contributed by atoms with Gasteiger partial charge in [0.15, 0.2) is 0 Å². The SMILES string of the molecule is CCC(CO)NC(=O)C1(N)CCCC1. The minimum absolute atomic E-state index is 0.0156. The third kappa shape index (κ3) is 2.45. The summed E-state index contributed by atoms with van der Waals surface area (Å²) >= 11 is 0. The van der Waals surface area contributed by atoms with Crippen LogP contribution in [0, 0.1) is 0 Å². The van der Waals surface area contributed by atoms with E-state index in [9.17, 15) is 4.79 Å². The summed E-state index contributed by atoms with van der Waals surface area (Å²) in [7, 11) is 0. The van der Waals surface area contributed by atoms with Crippen LogP contribution in [0.25, 0.3) is 0 Å². The molecule has 0 aromatic heterocycles. The molecule has 1 aliphatic carbocycles. The van der Waals surface area contributed by atoms with E-state index >= 15 is 0 Å². The Morgan fingerprint density at radius 1 is 1.57 bits per heavy atom. The summed E-state index contributed by atoms with van der Waals surface area (Å²) in [5.41, 5.74) is 5.29. The molecule has 0 radical (unpaired) electrons. The van der Waals surface area contributed by atoms with Gasteiger partial charge in [-0.3, -0.25) is 4.79 Å². The average molecular weight is 200 g/mol. The van der Waals surface area contributed by atoms with Crippen LogP contribution in [0.2, 0.25) is 0 Å². The lowest BCUT2D eigenvalue weighted by Crippen LogP contribution is -2.55. The fraction of sp³-hybridized carbons (Fsp3) is 0.900. The Bertz CT molecular complexity index is 196. The lowest BCUT2D eigenvalue weighted by atomic mass is 9.97. The number of hydrogen-bond acceptors (Lipinski definition) is 3. The molecule has 1 rings (SSSR count). The molecule has 14 heavy (non-hydrogen) atoms. The third-order valence-corrected chi connectivity index (χ3v) is 3.00. The van der Waals surface area contributed by atoms with E-state index in [0.717, 1.165) is 32.1 Å². The lowest BCUT2D eigenvalue weighted by molar-refractivity contribution is -0.127. The predicted molar refractivity (Wildman–Crippen MR) is 54.7 cm³/mol. The van der Waals surface area contributed by atoms with Crippen LogP contribution in [0.1, 0.15) is 39.0 Å². The van der Waals surface area contributed by atoms with Gasteiger partial charge in [0.05, 0.1) is 18.2 Å². The van der Waals surface area contributed by atoms with Gasteiger partial charge in [-0.2, -0.15) is 0 Å². The van der Waals surface area contributed by atoms with Gasteiger partial charge in [0.1, 0.15) is 0 Å². The van der Waals surface area contributed by atoms with Gasteiger partial charge in [-0.1, -0.05) is 19.8 Å². The number of rotatable bonds is 4. The molecule has 0 bridgehead atoms. The van der Waals surface area contributed by atoms with E-state index in [4.69, 9.17) is 10.8 Å². The quantitative estimate of drug-likeness (QED) is 0.604. The molecule has 0 spiro atoms. The molecular formula is C10H20N2O2. The zero-order valence-electron chi connectivity index (χ0n) is 8.75. The van der Waals surface area contributed by atoms with Crippen LogP contribution in [-0.4, -0.2) is 29.2 Å². The Balaban J connectivity index is 2.48. The molecule has 1 aliphatic rings. The van der Waals surface area contributed by atoms with Crippen LogP contribution in [-0.2, 0) is 4.79 Å². The van der Waals surface area contributed by atoms with Crippen molar-refractivity contribution >= 4 is 5.91 Å². The molecule has 0 aromatic rings. The number of nitrogens with two attached hydrogens (primary N) is 1. The fourth-order valence-corrected chi connectivity index (χ4v) is 1.84. The topological polar surface area (TPSA) is 75.3 Å². The van der Waals surface area contributed by atoms with E-state index in [1.807, 2.05) is 6.92 Å². The third-order valence-electron chi connectivity index (χ3n) is 3.00. The van der Waals surface area contributed by atoms with E-state index in [1.54, 1.807) is 0 Å². The van der Waals surface area contributed by atoms with Crippen LogP contribution >= 0.6 is 0 Å². The second-order valence-corrected chi connectivity index (χ2v) is 4.12. The summed E-state index contributed by atoms with van der Waals surface area (Å²) in [4.78, 5) is 11.7. The zero-order chi connectivity index (χ0) is 10.6. The summed E-state index contributed by atoms with van der Waals surface area (Å²) < 4.78 is 0. The number of amides is 1. The summed E-state index contributed by atoms with van der Waals surface area (Å²) in [5.74, 6) is -0.101. The van der Waals surface area contributed by atoms with Crippen molar-refractivity contribution in [3.05, 3.63) is 0 Å². The summed E-state index contributed by atoms with van der Waals surface area (Å²) in [5, 5.41) is 11.7.